The number of para-hydroxylation sites is 1. The van der Waals surface area contributed by atoms with Crippen LogP contribution in [0.15, 0.2) is 89.8 Å². The first-order valence-corrected chi connectivity index (χ1v) is 11.7. The van der Waals surface area contributed by atoms with Gasteiger partial charge in [-0.3, -0.25) is 9.78 Å². The number of anilines is 1. The molecule has 4 heterocycles. The van der Waals surface area contributed by atoms with Gasteiger partial charge in [0.05, 0.1) is 36.3 Å². The molecular weight excluding hydrogens is 465 g/mol. The van der Waals surface area contributed by atoms with Crippen molar-refractivity contribution in [2.45, 2.75) is 25.0 Å². The molecule has 0 unspecified atom stereocenters. The van der Waals surface area contributed by atoms with E-state index in [9.17, 15) is 9.18 Å². The second-order valence-corrected chi connectivity index (χ2v) is 8.63. The summed E-state index contributed by atoms with van der Waals surface area (Å²) in [6, 6.07) is 19.3. The lowest BCUT2D eigenvalue weighted by Gasteiger charge is -2.28. The number of aromatic nitrogens is 2. The molecule has 0 bridgehead atoms. The van der Waals surface area contributed by atoms with E-state index in [1.807, 2.05) is 53.6 Å². The van der Waals surface area contributed by atoms with Gasteiger partial charge in [0, 0.05) is 31.1 Å². The number of benzene rings is 1. The highest BCUT2D eigenvalue weighted by Gasteiger charge is 2.41. The number of thiocarbonyl (C=S) groups is 1. The molecule has 178 valence electrons. The quantitative estimate of drug-likeness (QED) is 0.351. The van der Waals surface area contributed by atoms with Crippen LogP contribution in [0.4, 0.5) is 10.1 Å². The Morgan fingerprint density at radius 3 is 2.74 bits per heavy atom. The molecule has 0 aliphatic carbocycles. The minimum Gasteiger partial charge on any atom is -0.467 e. The van der Waals surface area contributed by atoms with E-state index in [-0.39, 0.29) is 30.1 Å². The molecule has 0 spiro atoms. The molecule has 2 N–H and O–H groups in total. The van der Waals surface area contributed by atoms with Crippen molar-refractivity contribution in [3.05, 3.63) is 108 Å². The summed E-state index contributed by atoms with van der Waals surface area (Å²) < 4.78 is 21.6. The van der Waals surface area contributed by atoms with Gasteiger partial charge >= 0.3 is 0 Å². The van der Waals surface area contributed by atoms with Crippen LogP contribution in [-0.2, 0) is 11.3 Å². The highest BCUT2D eigenvalue weighted by atomic mass is 32.1. The predicted molar refractivity (Wildman–Crippen MR) is 134 cm³/mol. The second-order valence-electron chi connectivity index (χ2n) is 8.24. The van der Waals surface area contributed by atoms with E-state index in [2.05, 4.69) is 20.2 Å². The predicted octanol–water partition coefficient (Wildman–Crippen LogP) is 4.66. The van der Waals surface area contributed by atoms with Gasteiger partial charge < -0.3 is 24.5 Å². The zero-order chi connectivity index (χ0) is 24.2. The molecular formula is C26H24FN5O2S. The Labute approximate surface area is 207 Å². The fourth-order valence-electron chi connectivity index (χ4n) is 4.38. The summed E-state index contributed by atoms with van der Waals surface area (Å²) in [4.78, 5) is 19.2. The molecule has 3 aromatic heterocycles. The third-order valence-corrected chi connectivity index (χ3v) is 6.35. The molecule has 1 saturated heterocycles. The molecule has 1 aliphatic heterocycles. The SMILES string of the molecule is O=C(CCN1C(=S)N[C@H](c2ccccn2)[C@@H]1c1cccn1Cc1ccco1)Nc1ccccc1F. The van der Waals surface area contributed by atoms with E-state index in [4.69, 9.17) is 16.6 Å². The lowest BCUT2D eigenvalue weighted by molar-refractivity contribution is -0.116. The zero-order valence-corrected chi connectivity index (χ0v) is 19.6. The van der Waals surface area contributed by atoms with Crippen LogP contribution in [0.25, 0.3) is 0 Å². The van der Waals surface area contributed by atoms with Crippen molar-refractivity contribution >= 4 is 28.9 Å². The third-order valence-electron chi connectivity index (χ3n) is 6.00. The first-order chi connectivity index (χ1) is 17.1. The number of nitrogens with zero attached hydrogens (tertiary/aromatic N) is 3. The van der Waals surface area contributed by atoms with Crippen molar-refractivity contribution in [2.24, 2.45) is 0 Å². The lowest BCUT2D eigenvalue weighted by atomic mass is 10.0. The van der Waals surface area contributed by atoms with Crippen LogP contribution < -0.4 is 10.6 Å². The summed E-state index contributed by atoms with van der Waals surface area (Å²) in [5, 5.41) is 6.58. The minimum atomic E-state index is -0.469. The first kappa shape index (κ1) is 22.8. The average molecular weight is 490 g/mol. The Morgan fingerprint density at radius 1 is 1.11 bits per heavy atom. The summed E-state index contributed by atoms with van der Waals surface area (Å²) in [6.07, 6.45) is 5.55. The topological polar surface area (TPSA) is 75.3 Å². The normalized spacial score (nSPS) is 17.4. The molecule has 9 heteroatoms. The van der Waals surface area contributed by atoms with Gasteiger partial charge in [-0.1, -0.05) is 18.2 Å². The molecule has 1 fully saturated rings. The highest BCUT2D eigenvalue weighted by molar-refractivity contribution is 7.80. The van der Waals surface area contributed by atoms with Gasteiger partial charge in [0.15, 0.2) is 5.11 Å². The molecule has 2 atom stereocenters. The highest BCUT2D eigenvalue weighted by Crippen LogP contribution is 2.39. The third kappa shape index (κ3) is 4.95. The Kier molecular flexibility index (Phi) is 6.58. The monoisotopic (exact) mass is 489 g/mol. The molecule has 7 nitrogen and oxygen atoms in total. The number of pyridine rings is 1. The molecule has 0 saturated carbocycles. The molecule has 1 amide bonds. The van der Waals surface area contributed by atoms with Gasteiger partial charge in [0.1, 0.15) is 11.6 Å². The summed E-state index contributed by atoms with van der Waals surface area (Å²) in [6.45, 7) is 0.918. The Balaban J connectivity index is 1.40. The fourth-order valence-corrected chi connectivity index (χ4v) is 4.71. The maximum atomic E-state index is 14.0. The number of furan rings is 1. The Hall–Kier alpha value is -3.98. The van der Waals surface area contributed by atoms with E-state index < -0.39 is 5.82 Å². The van der Waals surface area contributed by atoms with E-state index in [0.717, 1.165) is 17.1 Å². The van der Waals surface area contributed by atoms with Crippen molar-refractivity contribution in [3.8, 4) is 0 Å². The van der Waals surface area contributed by atoms with Crippen LogP contribution in [0.3, 0.4) is 0 Å². The van der Waals surface area contributed by atoms with Gasteiger partial charge in [0.25, 0.3) is 0 Å². The minimum absolute atomic E-state index is 0.139. The molecule has 1 aliphatic rings. The second kappa shape index (κ2) is 10.1. The van der Waals surface area contributed by atoms with Crippen LogP contribution >= 0.6 is 12.2 Å². The van der Waals surface area contributed by atoms with E-state index >= 15 is 0 Å². The van der Waals surface area contributed by atoms with Crippen LogP contribution in [0.5, 0.6) is 0 Å². The van der Waals surface area contributed by atoms with Crippen molar-refractivity contribution < 1.29 is 13.6 Å². The fraction of sp³-hybridized carbons (Fsp3) is 0.192. The summed E-state index contributed by atoms with van der Waals surface area (Å²) in [7, 11) is 0. The molecule has 5 rings (SSSR count). The lowest BCUT2D eigenvalue weighted by Crippen LogP contribution is -2.33. The van der Waals surface area contributed by atoms with Gasteiger partial charge in [0.2, 0.25) is 5.91 Å². The number of carbonyl (C=O) groups is 1. The number of nitrogens with one attached hydrogen (secondary N) is 2. The van der Waals surface area contributed by atoms with Crippen LogP contribution in [0.2, 0.25) is 0 Å². The Morgan fingerprint density at radius 2 is 1.97 bits per heavy atom. The summed E-state index contributed by atoms with van der Waals surface area (Å²) in [5.74, 6) is 0.0770. The number of amides is 1. The van der Waals surface area contributed by atoms with Crippen molar-refractivity contribution in [2.75, 3.05) is 11.9 Å². The van der Waals surface area contributed by atoms with Crippen molar-refractivity contribution in [3.63, 3.8) is 0 Å². The van der Waals surface area contributed by atoms with E-state index in [0.29, 0.717) is 18.2 Å². The van der Waals surface area contributed by atoms with Crippen molar-refractivity contribution in [1.82, 2.24) is 19.8 Å². The standard InChI is InChI=1S/C26H24FN5O2S/c27-19-8-1-2-9-20(19)29-23(33)12-15-32-25(24(30-26(32)35)21-10-3-4-13-28-21)22-11-5-14-31(22)17-18-7-6-16-34-18/h1-11,13-14,16,24-25H,12,15,17H2,(H,29,33)(H,30,35)/t24-,25+/m1/s1. The van der Waals surface area contributed by atoms with E-state index in [1.165, 1.54) is 12.1 Å². The van der Waals surface area contributed by atoms with Gasteiger partial charge in [-0.2, -0.15) is 0 Å². The van der Waals surface area contributed by atoms with E-state index in [1.54, 1.807) is 24.6 Å². The number of hydrogen-bond acceptors (Lipinski definition) is 4. The molecule has 4 aromatic rings. The maximum absolute atomic E-state index is 14.0. The summed E-state index contributed by atoms with van der Waals surface area (Å²) in [5.41, 5.74) is 2.03. The van der Waals surface area contributed by atoms with Crippen LogP contribution in [-0.4, -0.2) is 32.0 Å². The van der Waals surface area contributed by atoms with Crippen LogP contribution in [0.1, 0.15) is 35.7 Å². The molecule has 35 heavy (non-hydrogen) atoms. The summed E-state index contributed by atoms with van der Waals surface area (Å²) >= 11 is 5.70. The number of carbonyl (C=O) groups excluding carboxylic acids is 1. The molecule has 1 aromatic carbocycles. The van der Waals surface area contributed by atoms with Crippen LogP contribution in [0, 0.1) is 5.82 Å². The van der Waals surface area contributed by atoms with Gasteiger partial charge in [-0.25, -0.2) is 4.39 Å². The number of rotatable bonds is 8. The number of halogens is 1. The van der Waals surface area contributed by atoms with Crippen molar-refractivity contribution in [1.29, 1.82) is 0 Å². The van der Waals surface area contributed by atoms with Gasteiger partial charge in [-0.05, 0) is 60.7 Å². The molecule has 0 radical (unpaired) electrons. The smallest absolute Gasteiger partial charge is 0.226 e. The largest absolute Gasteiger partial charge is 0.467 e. The van der Waals surface area contributed by atoms with Gasteiger partial charge in [-0.15, -0.1) is 0 Å². The Bertz CT molecular complexity index is 1310. The zero-order valence-electron chi connectivity index (χ0n) is 18.8. The average Bonchev–Trinajstić information content (AvgIpc) is 3.61. The maximum Gasteiger partial charge on any atom is 0.226 e. The number of hydrogen-bond donors (Lipinski definition) is 2. The first-order valence-electron chi connectivity index (χ1n) is 11.3.